The minimum absolute atomic E-state index is 0.175. The average Bonchev–Trinajstić information content (AvgIpc) is 2.92. The van der Waals surface area contributed by atoms with Crippen LogP contribution in [-0.2, 0) is 5.41 Å². The molecule has 0 spiro atoms. The molecule has 2 atom stereocenters. The van der Waals surface area contributed by atoms with Gasteiger partial charge in [0.2, 0.25) is 0 Å². The zero-order chi connectivity index (χ0) is 24.7. The molecule has 0 fully saturated rings. The molecule has 0 N–H and O–H groups in total. The van der Waals surface area contributed by atoms with Gasteiger partial charge in [0.1, 0.15) is 23.7 Å². The van der Waals surface area contributed by atoms with Crippen molar-refractivity contribution in [1.82, 2.24) is 0 Å². The normalized spacial score (nSPS) is 12.9. The second-order valence-electron chi connectivity index (χ2n) is 9.04. The van der Waals surface area contributed by atoms with Crippen molar-refractivity contribution in [3.8, 4) is 11.5 Å². The fourth-order valence-corrected chi connectivity index (χ4v) is 4.15. The summed E-state index contributed by atoms with van der Waals surface area (Å²) in [5.41, 5.74) is 4.41. The molecule has 4 aromatic carbocycles. The van der Waals surface area contributed by atoms with E-state index < -0.39 is 0 Å². The van der Waals surface area contributed by atoms with Crippen LogP contribution in [0.25, 0.3) is 0 Å². The van der Waals surface area contributed by atoms with Crippen LogP contribution in [0.1, 0.15) is 48.3 Å². The zero-order valence-electron chi connectivity index (χ0n) is 20.4. The predicted octanol–water partition coefficient (Wildman–Crippen LogP) is 8.62. The zero-order valence-corrected chi connectivity index (χ0v) is 20.4. The fourth-order valence-electron chi connectivity index (χ4n) is 4.15. The third-order valence-corrected chi connectivity index (χ3v) is 6.36. The van der Waals surface area contributed by atoms with Gasteiger partial charge in [0.05, 0.1) is 0 Å². The standard InChI is InChI=1S/C33H32O2/c1-5-31(25-13-9-7-10-14-25)34-29-21-17-27(18-22-29)33(3,4)28-19-23-30(24-20-28)35-32(6-2)26-15-11-8-12-16-26/h5-24,31-32H,1-2H2,3-4H3. The van der Waals surface area contributed by atoms with E-state index in [1.54, 1.807) is 0 Å². The van der Waals surface area contributed by atoms with Gasteiger partial charge >= 0.3 is 0 Å². The van der Waals surface area contributed by atoms with Gasteiger partial charge in [0, 0.05) is 5.41 Å². The number of hydrogen-bond acceptors (Lipinski definition) is 2. The van der Waals surface area contributed by atoms with E-state index in [9.17, 15) is 0 Å². The van der Waals surface area contributed by atoms with Gasteiger partial charge < -0.3 is 9.47 Å². The molecule has 2 nitrogen and oxygen atoms in total. The summed E-state index contributed by atoms with van der Waals surface area (Å²) < 4.78 is 12.4. The topological polar surface area (TPSA) is 18.5 Å². The Balaban J connectivity index is 1.46. The summed E-state index contributed by atoms with van der Waals surface area (Å²) in [7, 11) is 0. The smallest absolute Gasteiger partial charge is 0.142 e. The van der Waals surface area contributed by atoms with Gasteiger partial charge in [-0.2, -0.15) is 0 Å². The van der Waals surface area contributed by atoms with Crippen molar-refractivity contribution < 1.29 is 9.47 Å². The summed E-state index contributed by atoms with van der Waals surface area (Å²) >= 11 is 0. The molecule has 0 aliphatic carbocycles. The quantitative estimate of drug-likeness (QED) is 0.221. The lowest BCUT2D eigenvalue weighted by Gasteiger charge is -2.27. The van der Waals surface area contributed by atoms with Gasteiger partial charge in [-0.3, -0.25) is 0 Å². The van der Waals surface area contributed by atoms with Crippen molar-refractivity contribution in [2.45, 2.75) is 31.5 Å². The highest BCUT2D eigenvalue weighted by Crippen LogP contribution is 2.34. The van der Waals surface area contributed by atoms with Crippen molar-refractivity contribution in [3.63, 3.8) is 0 Å². The monoisotopic (exact) mass is 460 g/mol. The van der Waals surface area contributed by atoms with Crippen molar-refractivity contribution in [2.75, 3.05) is 0 Å². The molecule has 4 rings (SSSR count). The van der Waals surface area contributed by atoms with E-state index in [-0.39, 0.29) is 17.6 Å². The summed E-state index contributed by atoms with van der Waals surface area (Å²) in [6.45, 7) is 12.3. The molecule has 176 valence electrons. The van der Waals surface area contributed by atoms with Crippen LogP contribution >= 0.6 is 0 Å². The Morgan fingerprint density at radius 3 is 1.20 bits per heavy atom. The Labute approximate surface area is 209 Å². The van der Waals surface area contributed by atoms with Crippen molar-refractivity contribution >= 4 is 0 Å². The van der Waals surface area contributed by atoms with Crippen LogP contribution in [0, 0.1) is 0 Å². The molecule has 0 aliphatic heterocycles. The van der Waals surface area contributed by atoms with Crippen LogP contribution in [0.15, 0.2) is 135 Å². The van der Waals surface area contributed by atoms with Crippen LogP contribution in [0.3, 0.4) is 0 Å². The Bertz CT molecular complexity index is 1130. The lowest BCUT2D eigenvalue weighted by Crippen LogP contribution is -2.18. The molecule has 0 heterocycles. The second kappa shape index (κ2) is 10.9. The van der Waals surface area contributed by atoms with E-state index in [0.29, 0.717) is 0 Å². The van der Waals surface area contributed by atoms with Crippen LogP contribution in [-0.4, -0.2) is 0 Å². The Hall–Kier alpha value is -4.04. The summed E-state index contributed by atoms with van der Waals surface area (Å²) in [5, 5.41) is 0. The molecule has 35 heavy (non-hydrogen) atoms. The fraction of sp³-hybridized carbons (Fsp3) is 0.152. The maximum atomic E-state index is 6.18. The van der Waals surface area contributed by atoms with Gasteiger partial charge in [0.15, 0.2) is 0 Å². The maximum absolute atomic E-state index is 6.18. The molecule has 2 heteroatoms. The van der Waals surface area contributed by atoms with E-state index in [1.807, 2.05) is 97.1 Å². The Morgan fingerprint density at radius 2 is 0.886 bits per heavy atom. The van der Waals surface area contributed by atoms with Gasteiger partial charge in [-0.1, -0.05) is 112 Å². The molecule has 0 aliphatic rings. The highest BCUT2D eigenvalue weighted by Gasteiger charge is 2.23. The molecule has 0 saturated carbocycles. The molecule has 0 amide bonds. The van der Waals surface area contributed by atoms with Crippen molar-refractivity contribution in [2.24, 2.45) is 0 Å². The molecular weight excluding hydrogens is 428 g/mol. The average molecular weight is 461 g/mol. The third kappa shape index (κ3) is 5.73. The van der Waals surface area contributed by atoms with Crippen LogP contribution in [0.5, 0.6) is 11.5 Å². The lowest BCUT2D eigenvalue weighted by molar-refractivity contribution is 0.256. The second-order valence-corrected chi connectivity index (χ2v) is 9.04. The maximum Gasteiger partial charge on any atom is 0.142 e. The number of ether oxygens (including phenoxy) is 2. The Morgan fingerprint density at radius 1 is 0.543 bits per heavy atom. The van der Waals surface area contributed by atoms with Gasteiger partial charge in [-0.15, -0.1) is 0 Å². The third-order valence-electron chi connectivity index (χ3n) is 6.36. The summed E-state index contributed by atoms with van der Waals surface area (Å²) in [4.78, 5) is 0. The minimum atomic E-state index is -0.183. The van der Waals surface area contributed by atoms with Crippen LogP contribution < -0.4 is 9.47 Å². The minimum Gasteiger partial charge on any atom is -0.482 e. The first-order valence-electron chi connectivity index (χ1n) is 11.9. The first kappa shape index (κ1) is 24.1. The first-order valence-corrected chi connectivity index (χ1v) is 11.9. The largest absolute Gasteiger partial charge is 0.482 e. The highest BCUT2D eigenvalue weighted by molar-refractivity contribution is 5.42. The summed E-state index contributed by atoms with van der Waals surface area (Å²) in [6, 6.07) is 36.9. The highest BCUT2D eigenvalue weighted by atomic mass is 16.5. The van der Waals surface area contributed by atoms with E-state index >= 15 is 0 Å². The molecule has 0 aromatic heterocycles. The molecule has 4 aromatic rings. The van der Waals surface area contributed by atoms with Gasteiger partial charge in [-0.25, -0.2) is 0 Å². The molecule has 0 bridgehead atoms. The van der Waals surface area contributed by atoms with Crippen LogP contribution in [0.4, 0.5) is 0 Å². The van der Waals surface area contributed by atoms with E-state index in [0.717, 1.165) is 22.6 Å². The first-order chi connectivity index (χ1) is 17.0. The number of benzene rings is 4. The molecule has 2 unspecified atom stereocenters. The number of rotatable bonds is 10. The van der Waals surface area contributed by atoms with Crippen molar-refractivity contribution in [3.05, 3.63) is 157 Å². The molecular formula is C33H32O2. The number of hydrogen-bond donors (Lipinski definition) is 0. The van der Waals surface area contributed by atoms with E-state index in [1.165, 1.54) is 11.1 Å². The van der Waals surface area contributed by atoms with E-state index in [2.05, 4.69) is 51.3 Å². The van der Waals surface area contributed by atoms with E-state index in [4.69, 9.17) is 9.47 Å². The summed E-state index contributed by atoms with van der Waals surface area (Å²) in [5.74, 6) is 1.64. The van der Waals surface area contributed by atoms with Gasteiger partial charge in [-0.05, 0) is 58.7 Å². The van der Waals surface area contributed by atoms with Crippen molar-refractivity contribution in [1.29, 1.82) is 0 Å². The lowest BCUT2D eigenvalue weighted by atomic mass is 9.78. The SMILES string of the molecule is C=CC(Oc1ccc(C(C)(C)c2ccc(OC(C=C)c3ccccc3)cc2)cc1)c1ccccc1. The summed E-state index contributed by atoms with van der Waals surface area (Å²) in [6.07, 6.45) is 3.28. The molecule has 0 saturated heterocycles. The Kier molecular flexibility index (Phi) is 7.52. The predicted molar refractivity (Wildman–Crippen MR) is 145 cm³/mol. The molecule has 0 radical (unpaired) electrons. The van der Waals surface area contributed by atoms with Crippen LogP contribution in [0.2, 0.25) is 0 Å². The van der Waals surface area contributed by atoms with Gasteiger partial charge in [0.25, 0.3) is 0 Å².